The van der Waals surface area contributed by atoms with Gasteiger partial charge < -0.3 is 39.0 Å². The van der Waals surface area contributed by atoms with Gasteiger partial charge >= 0.3 is 23.9 Å². The van der Waals surface area contributed by atoms with Crippen molar-refractivity contribution in [3.63, 3.8) is 0 Å². The van der Waals surface area contributed by atoms with Gasteiger partial charge in [-0.3, -0.25) is 14.4 Å². The second-order valence-corrected chi connectivity index (χ2v) is 19.2. The molecule has 1 heterocycles. The van der Waals surface area contributed by atoms with Gasteiger partial charge in [-0.1, -0.05) is 207 Å². The fourth-order valence-corrected chi connectivity index (χ4v) is 7.98. The Balaban J connectivity index is 2.74. The van der Waals surface area contributed by atoms with Crippen molar-refractivity contribution in [1.82, 2.24) is 0 Å². The number of carboxylic acids is 1. The van der Waals surface area contributed by atoms with Crippen LogP contribution in [-0.2, 0) is 42.9 Å². The number of aliphatic hydroxyl groups is 2. The Bertz CT molecular complexity index is 1720. The number of carboxylic acid groups (broad SMARTS) is 1. The quantitative estimate of drug-likeness (QED) is 0.0228. The van der Waals surface area contributed by atoms with Crippen molar-refractivity contribution in [3.05, 3.63) is 109 Å². The molecule has 75 heavy (non-hydrogen) atoms. The van der Waals surface area contributed by atoms with Crippen LogP contribution in [0.1, 0.15) is 213 Å². The van der Waals surface area contributed by atoms with Crippen LogP contribution in [0.2, 0.25) is 0 Å². The molecule has 0 radical (unpaired) electrons. The summed E-state index contributed by atoms with van der Waals surface area (Å²) in [7, 11) is 0. The average Bonchev–Trinajstić information content (AvgIpc) is 3.39. The van der Waals surface area contributed by atoms with Gasteiger partial charge in [0.15, 0.2) is 24.6 Å². The summed E-state index contributed by atoms with van der Waals surface area (Å²) in [6.07, 6.45) is 55.0. The van der Waals surface area contributed by atoms with Gasteiger partial charge in [-0.25, -0.2) is 4.79 Å². The first kappa shape index (κ1) is 68.4. The third-order valence-corrected chi connectivity index (χ3v) is 12.3. The lowest BCUT2D eigenvalue weighted by Gasteiger charge is -2.40. The van der Waals surface area contributed by atoms with Gasteiger partial charge in [0.05, 0.1) is 6.61 Å². The molecule has 0 aromatic heterocycles. The highest BCUT2D eigenvalue weighted by atomic mass is 16.7. The van der Waals surface area contributed by atoms with Gasteiger partial charge in [0.1, 0.15) is 18.8 Å². The van der Waals surface area contributed by atoms with Gasteiger partial charge in [0.25, 0.3) is 0 Å². The SMILES string of the molecule is CC/C=C\C/C=C\C/C=C\C/C=C\C/C=C\CCCC(=O)OC1C(OCC(COC(=O)CCCCCC/C=C\C/C=C\C/C=C\C/C=C\CC)OC(=O)CCCCCCCCCCCCC)OC(C(=O)O)C(O)C1O. The molecule has 12 nitrogen and oxygen atoms in total. The number of hydrogen-bond donors (Lipinski definition) is 3. The van der Waals surface area contributed by atoms with Gasteiger partial charge in [-0.15, -0.1) is 0 Å². The van der Waals surface area contributed by atoms with Crippen molar-refractivity contribution in [2.24, 2.45) is 0 Å². The summed E-state index contributed by atoms with van der Waals surface area (Å²) in [6.45, 7) is 5.69. The number of esters is 3. The normalized spacial score (nSPS) is 19.0. The van der Waals surface area contributed by atoms with Crippen LogP contribution in [0.5, 0.6) is 0 Å². The summed E-state index contributed by atoms with van der Waals surface area (Å²) < 4.78 is 28.3. The fourth-order valence-electron chi connectivity index (χ4n) is 7.98. The predicted molar refractivity (Wildman–Crippen MR) is 303 cm³/mol. The number of unbranched alkanes of at least 4 members (excludes halogenated alkanes) is 15. The smallest absolute Gasteiger partial charge is 0.335 e. The van der Waals surface area contributed by atoms with Gasteiger partial charge in [0, 0.05) is 19.3 Å². The Kier molecular flexibility index (Phi) is 45.8. The molecule has 12 heteroatoms. The van der Waals surface area contributed by atoms with Gasteiger partial charge in [-0.2, -0.15) is 0 Å². The minimum absolute atomic E-state index is 0.0246. The number of carbonyl (C=O) groups excluding carboxylic acids is 3. The summed E-state index contributed by atoms with van der Waals surface area (Å²) >= 11 is 0. The lowest BCUT2D eigenvalue weighted by molar-refractivity contribution is -0.301. The molecule has 3 N–H and O–H groups in total. The second-order valence-electron chi connectivity index (χ2n) is 19.2. The first-order chi connectivity index (χ1) is 36.6. The van der Waals surface area contributed by atoms with E-state index >= 15 is 0 Å². The molecule has 0 aliphatic carbocycles. The lowest BCUT2D eigenvalue weighted by atomic mass is 9.98. The maximum Gasteiger partial charge on any atom is 0.335 e. The first-order valence-corrected chi connectivity index (χ1v) is 28.9. The lowest BCUT2D eigenvalue weighted by Crippen LogP contribution is -2.61. The minimum Gasteiger partial charge on any atom is -0.479 e. The number of aliphatic carboxylic acids is 1. The van der Waals surface area contributed by atoms with Crippen molar-refractivity contribution in [2.45, 2.75) is 250 Å². The molecule has 1 fully saturated rings. The Morgan fingerprint density at radius 1 is 0.453 bits per heavy atom. The average molecular weight is 1050 g/mol. The molecule has 1 aliphatic heterocycles. The summed E-state index contributed by atoms with van der Waals surface area (Å²) in [5.74, 6) is -3.24. The molecule has 0 bridgehead atoms. The van der Waals surface area contributed by atoms with Crippen molar-refractivity contribution in [2.75, 3.05) is 13.2 Å². The van der Waals surface area contributed by atoms with E-state index in [1.807, 2.05) is 12.2 Å². The zero-order valence-corrected chi connectivity index (χ0v) is 46.5. The van der Waals surface area contributed by atoms with E-state index in [0.29, 0.717) is 25.7 Å². The second kappa shape index (κ2) is 50.2. The van der Waals surface area contributed by atoms with Crippen LogP contribution in [0, 0.1) is 0 Å². The minimum atomic E-state index is -1.93. The van der Waals surface area contributed by atoms with E-state index in [2.05, 4.69) is 118 Å². The zero-order chi connectivity index (χ0) is 54.7. The van der Waals surface area contributed by atoms with Crippen molar-refractivity contribution in [3.8, 4) is 0 Å². The van der Waals surface area contributed by atoms with Crippen molar-refractivity contribution < 1.29 is 58.2 Å². The van der Waals surface area contributed by atoms with Crippen LogP contribution in [0.3, 0.4) is 0 Å². The molecule has 0 saturated carbocycles. The third kappa shape index (κ3) is 40.3. The van der Waals surface area contributed by atoms with Gasteiger partial charge in [-0.05, 0) is 96.3 Å². The number of aliphatic hydroxyl groups excluding tert-OH is 2. The molecule has 0 spiro atoms. The standard InChI is InChI=1S/C63H100O12/c1-4-7-10-13-16-19-22-24-26-28-30-32-35-37-40-43-46-49-55(64)71-52-54(73-56(65)50-47-44-41-38-34-21-18-15-12-9-6-3)53-72-63-61(59(68)58(67)60(75-63)62(69)70)74-57(66)51-48-45-42-39-36-33-31-29-27-25-23-20-17-14-11-8-5-2/h7-8,10-11,16-17,19-20,24-27,30-33,39,42,54,58-61,63,67-68H,4-6,9,12-15,18,21-23,28-29,34-38,40-41,43-53H2,1-3H3,(H,69,70)/b10-7-,11-8-,19-16-,20-17-,26-24-,27-25-,32-30-,33-31-,42-39-. The Hall–Kier alpha value is -4.62. The highest BCUT2D eigenvalue weighted by Crippen LogP contribution is 2.26. The molecule has 1 saturated heterocycles. The summed E-state index contributed by atoms with van der Waals surface area (Å²) in [4.78, 5) is 51.0. The summed E-state index contributed by atoms with van der Waals surface area (Å²) in [6, 6.07) is 0. The fraction of sp³-hybridized carbons (Fsp3) is 0.651. The van der Waals surface area contributed by atoms with Crippen LogP contribution in [-0.4, -0.2) is 89.2 Å². The van der Waals surface area contributed by atoms with Crippen LogP contribution >= 0.6 is 0 Å². The number of rotatable bonds is 47. The van der Waals surface area contributed by atoms with Crippen molar-refractivity contribution >= 4 is 23.9 Å². The Morgan fingerprint density at radius 2 is 0.853 bits per heavy atom. The van der Waals surface area contributed by atoms with E-state index in [-0.39, 0.29) is 25.9 Å². The topological polar surface area (TPSA) is 175 Å². The highest BCUT2D eigenvalue weighted by molar-refractivity contribution is 5.74. The van der Waals surface area contributed by atoms with E-state index in [1.54, 1.807) is 0 Å². The van der Waals surface area contributed by atoms with E-state index in [4.69, 9.17) is 23.7 Å². The van der Waals surface area contributed by atoms with Crippen LogP contribution in [0.25, 0.3) is 0 Å². The largest absolute Gasteiger partial charge is 0.479 e. The van der Waals surface area contributed by atoms with E-state index in [0.717, 1.165) is 103 Å². The highest BCUT2D eigenvalue weighted by Gasteiger charge is 2.50. The van der Waals surface area contributed by atoms with E-state index < -0.39 is 67.3 Å². The molecule has 1 aliphatic rings. The first-order valence-electron chi connectivity index (χ1n) is 28.9. The predicted octanol–water partition coefficient (Wildman–Crippen LogP) is 14.7. The summed E-state index contributed by atoms with van der Waals surface area (Å²) in [5.41, 5.74) is 0. The van der Waals surface area contributed by atoms with Crippen LogP contribution in [0.4, 0.5) is 0 Å². The van der Waals surface area contributed by atoms with E-state index in [1.165, 1.54) is 44.9 Å². The molecule has 6 unspecified atom stereocenters. The molecule has 0 aromatic carbocycles. The number of carbonyl (C=O) groups is 4. The molecular weight excluding hydrogens is 949 g/mol. The summed E-state index contributed by atoms with van der Waals surface area (Å²) in [5, 5.41) is 31.4. The number of ether oxygens (including phenoxy) is 5. The van der Waals surface area contributed by atoms with E-state index in [9.17, 15) is 34.5 Å². The van der Waals surface area contributed by atoms with Crippen molar-refractivity contribution in [1.29, 1.82) is 0 Å². The molecular formula is C63H100O12. The maximum absolute atomic E-state index is 13.1. The van der Waals surface area contributed by atoms with Crippen LogP contribution < -0.4 is 0 Å². The van der Waals surface area contributed by atoms with Crippen LogP contribution in [0.15, 0.2) is 109 Å². The molecule has 0 aromatic rings. The molecule has 6 atom stereocenters. The monoisotopic (exact) mass is 1050 g/mol. The number of allylic oxidation sites excluding steroid dienone is 18. The van der Waals surface area contributed by atoms with Gasteiger partial charge in [0.2, 0.25) is 0 Å². The maximum atomic E-state index is 13.1. The third-order valence-electron chi connectivity index (χ3n) is 12.3. The number of hydrogen-bond acceptors (Lipinski definition) is 11. The Morgan fingerprint density at radius 3 is 1.32 bits per heavy atom. The molecule has 424 valence electrons. The molecule has 1 rings (SSSR count). The zero-order valence-electron chi connectivity index (χ0n) is 46.5. The Labute approximate surface area is 453 Å². The molecule has 0 amide bonds.